The number of hydrogen-bond acceptors (Lipinski definition) is 4. The Morgan fingerprint density at radius 1 is 0.969 bits per heavy atom. The number of benzene rings is 3. The van der Waals surface area contributed by atoms with Crippen molar-refractivity contribution in [1.29, 1.82) is 0 Å². The molecule has 0 aliphatic rings. The number of esters is 1. The van der Waals surface area contributed by atoms with Crippen molar-refractivity contribution in [3.8, 4) is 11.3 Å². The summed E-state index contributed by atoms with van der Waals surface area (Å²) in [7, 11) is 0. The molecule has 0 unspecified atom stereocenters. The highest BCUT2D eigenvalue weighted by molar-refractivity contribution is 9.10. The summed E-state index contributed by atoms with van der Waals surface area (Å²) < 4.78 is 33.0. The van der Waals surface area contributed by atoms with Gasteiger partial charge in [-0.3, -0.25) is 4.79 Å². The first-order chi connectivity index (χ1) is 15.4. The quantitative estimate of drug-likeness (QED) is 0.358. The lowest BCUT2D eigenvalue weighted by molar-refractivity contribution is -0.119. The zero-order valence-corrected chi connectivity index (χ0v) is 18.0. The largest absolute Gasteiger partial charge is 0.452 e. The van der Waals surface area contributed by atoms with Crippen LogP contribution in [0.1, 0.15) is 10.4 Å². The van der Waals surface area contributed by atoms with Crippen LogP contribution >= 0.6 is 15.9 Å². The minimum atomic E-state index is -0.801. The molecule has 5 nitrogen and oxygen atoms in total. The number of anilines is 1. The smallest absolute Gasteiger partial charge is 0.339 e. The third kappa shape index (κ3) is 4.81. The van der Waals surface area contributed by atoms with E-state index in [2.05, 4.69) is 26.2 Å². The van der Waals surface area contributed by atoms with E-state index in [1.54, 1.807) is 30.3 Å². The van der Waals surface area contributed by atoms with Crippen molar-refractivity contribution in [3.63, 3.8) is 0 Å². The van der Waals surface area contributed by atoms with E-state index < -0.39 is 30.1 Å². The number of nitrogens with zero attached hydrogens (tertiary/aromatic N) is 1. The maximum absolute atomic E-state index is 13.7. The number of fused-ring (bicyclic) bond motifs is 1. The number of carbonyl (C=O) groups excluding carboxylic acids is 2. The molecule has 8 heteroatoms. The monoisotopic (exact) mass is 496 g/mol. The first-order valence-corrected chi connectivity index (χ1v) is 10.3. The lowest BCUT2D eigenvalue weighted by Crippen LogP contribution is -2.21. The molecule has 1 aromatic heterocycles. The number of halogens is 3. The van der Waals surface area contributed by atoms with Gasteiger partial charge < -0.3 is 10.1 Å². The molecule has 4 rings (SSSR count). The summed E-state index contributed by atoms with van der Waals surface area (Å²) in [5.41, 5.74) is 1.83. The topological polar surface area (TPSA) is 68.3 Å². The van der Waals surface area contributed by atoms with Crippen LogP contribution in [0, 0.1) is 11.6 Å². The number of pyridine rings is 1. The van der Waals surface area contributed by atoms with Crippen LogP contribution in [-0.4, -0.2) is 23.5 Å². The Hall–Kier alpha value is -3.65. The second-order valence-corrected chi connectivity index (χ2v) is 7.75. The maximum Gasteiger partial charge on any atom is 0.339 e. The highest BCUT2D eigenvalue weighted by Crippen LogP contribution is 2.27. The summed E-state index contributed by atoms with van der Waals surface area (Å²) in [4.78, 5) is 29.5. The molecule has 0 radical (unpaired) electrons. The molecule has 4 aromatic rings. The molecule has 0 atom stereocenters. The third-order valence-electron chi connectivity index (χ3n) is 4.59. The van der Waals surface area contributed by atoms with Crippen molar-refractivity contribution in [2.24, 2.45) is 0 Å². The summed E-state index contributed by atoms with van der Waals surface area (Å²) in [5, 5.41) is 2.75. The van der Waals surface area contributed by atoms with E-state index in [1.807, 2.05) is 24.3 Å². The van der Waals surface area contributed by atoms with Gasteiger partial charge in [0.05, 0.1) is 22.5 Å². The Balaban J connectivity index is 1.57. The fourth-order valence-electron chi connectivity index (χ4n) is 3.13. The van der Waals surface area contributed by atoms with Crippen LogP contribution < -0.4 is 5.32 Å². The number of amides is 1. The van der Waals surface area contributed by atoms with Crippen molar-refractivity contribution in [3.05, 3.63) is 94.5 Å². The zero-order valence-electron chi connectivity index (χ0n) is 16.4. The predicted molar refractivity (Wildman–Crippen MR) is 120 cm³/mol. The van der Waals surface area contributed by atoms with Crippen LogP contribution in [0.3, 0.4) is 0 Å². The molecule has 0 saturated heterocycles. The van der Waals surface area contributed by atoms with Crippen molar-refractivity contribution in [2.45, 2.75) is 0 Å². The summed E-state index contributed by atoms with van der Waals surface area (Å²) in [6, 6.07) is 18.8. The van der Waals surface area contributed by atoms with Crippen LogP contribution in [0.4, 0.5) is 14.5 Å². The van der Waals surface area contributed by atoms with Crippen LogP contribution in [0.25, 0.3) is 22.2 Å². The van der Waals surface area contributed by atoms with E-state index in [1.165, 1.54) is 0 Å². The molecule has 160 valence electrons. The van der Waals surface area contributed by atoms with Crippen LogP contribution in [0.2, 0.25) is 0 Å². The Morgan fingerprint density at radius 2 is 1.78 bits per heavy atom. The zero-order chi connectivity index (χ0) is 22.7. The fraction of sp³-hybridized carbons (Fsp3) is 0.0417. The van der Waals surface area contributed by atoms with Gasteiger partial charge in [-0.15, -0.1) is 0 Å². The van der Waals surface area contributed by atoms with Crippen molar-refractivity contribution >= 4 is 44.4 Å². The van der Waals surface area contributed by atoms with Crippen molar-refractivity contribution < 1.29 is 23.1 Å². The van der Waals surface area contributed by atoms with Gasteiger partial charge in [-0.2, -0.15) is 0 Å². The third-order valence-corrected chi connectivity index (χ3v) is 5.09. The highest BCUT2D eigenvalue weighted by Gasteiger charge is 2.17. The Morgan fingerprint density at radius 3 is 2.59 bits per heavy atom. The number of para-hydroxylation sites is 1. The SMILES string of the molecule is O=C(COC(=O)c1cc(-c2cccc(Br)c2)nc2ccccc12)Nc1cc(F)ccc1F. The summed E-state index contributed by atoms with van der Waals surface area (Å²) >= 11 is 3.42. The maximum atomic E-state index is 13.7. The second kappa shape index (κ2) is 9.23. The lowest BCUT2D eigenvalue weighted by Gasteiger charge is -2.11. The number of ether oxygens (including phenoxy) is 1. The van der Waals surface area contributed by atoms with Gasteiger partial charge in [-0.05, 0) is 36.4 Å². The van der Waals surface area contributed by atoms with E-state index in [4.69, 9.17) is 4.74 Å². The Labute approximate surface area is 190 Å². The molecular formula is C24H15BrF2N2O3. The number of aromatic nitrogens is 1. The molecule has 1 amide bonds. The standard InChI is InChI=1S/C24H15BrF2N2O3/c25-15-5-3-4-14(10-15)21-12-18(17-6-1-2-7-20(17)28-21)24(31)32-13-23(30)29-22-11-16(26)8-9-19(22)27/h1-12H,13H2,(H,29,30). The van der Waals surface area contributed by atoms with Crippen LogP contribution in [-0.2, 0) is 9.53 Å². The van der Waals surface area contributed by atoms with Crippen LogP contribution in [0.15, 0.2) is 77.3 Å². The fourth-order valence-corrected chi connectivity index (χ4v) is 3.53. The minimum Gasteiger partial charge on any atom is -0.452 e. The summed E-state index contributed by atoms with van der Waals surface area (Å²) in [6.07, 6.45) is 0. The van der Waals surface area contributed by atoms with Gasteiger partial charge in [0.15, 0.2) is 6.61 Å². The molecular weight excluding hydrogens is 482 g/mol. The van der Waals surface area contributed by atoms with E-state index >= 15 is 0 Å². The lowest BCUT2D eigenvalue weighted by atomic mass is 10.0. The Bertz CT molecular complexity index is 1340. The van der Waals surface area contributed by atoms with E-state index in [0.717, 1.165) is 28.2 Å². The van der Waals surface area contributed by atoms with E-state index in [-0.39, 0.29) is 11.3 Å². The first-order valence-electron chi connectivity index (χ1n) is 9.48. The molecule has 1 N–H and O–H groups in total. The van der Waals surface area contributed by atoms with E-state index in [0.29, 0.717) is 16.6 Å². The first kappa shape index (κ1) is 21.6. The van der Waals surface area contributed by atoms with E-state index in [9.17, 15) is 18.4 Å². The van der Waals surface area contributed by atoms with Crippen molar-refractivity contribution in [2.75, 3.05) is 11.9 Å². The average Bonchev–Trinajstić information content (AvgIpc) is 2.79. The molecule has 3 aromatic carbocycles. The highest BCUT2D eigenvalue weighted by atomic mass is 79.9. The molecule has 0 spiro atoms. The second-order valence-electron chi connectivity index (χ2n) is 6.83. The van der Waals surface area contributed by atoms with Gasteiger partial charge >= 0.3 is 5.97 Å². The number of hydrogen-bond donors (Lipinski definition) is 1. The normalized spacial score (nSPS) is 10.7. The molecule has 1 heterocycles. The molecule has 0 aliphatic heterocycles. The molecule has 32 heavy (non-hydrogen) atoms. The molecule has 0 saturated carbocycles. The van der Waals surface area contributed by atoms with Gasteiger partial charge in [0.1, 0.15) is 11.6 Å². The number of rotatable bonds is 5. The molecule has 0 aliphatic carbocycles. The Kier molecular flexibility index (Phi) is 6.23. The van der Waals surface area contributed by atoms with Gasteiger partial charge in [0.25, 0.3) is 5.91 Å². The van der Waals surface area contributed by atoms with Gasteiger partial charge in [-0.1, -0.05) is 46.3 Å². The minimum absolute atomic E-state index is 0.232. The molecule has 0 bridgehead atoms. The summed E-state index contributed by atoms with van der Waals surface area (Å²) in [6.45, 7) is -0.669. The predicted octanol–water partition coefficient (Wildman–Crippen LogP) is 5.74. The van der Waals surface area contributed by atoms with Crippen molar-refractivity contribution in [1.82, 2.24) is 4.98 Å². The number of nitrogens with one attached hydrogen (secondary N) is 1. The average molecular weight is 497 g/mol. The van der Waals surface area contributed by atoms with Gasteiger partial charge in [0, 0.05) is 21.5 Å². The number of carbonyl (C=O) groups is 2. The molecule has 0 fully saturated rings. The van der Waals surface area contributed by atoms with Crippen LogP contribution in [0.5, 0.6) is 0 Å². The van der Waals surface area contributed by atoms with Gasteiger partial charge in [0.2, 0.25) is 0 Å². The summed E-state index contributed by atoms with van der Waals surface area (Å²) in [5.74, 6) is -3.05. The van der Waals surface area contributed by atoms with Gasteiger partial charge in [-0.25, -0.2) is 18.6 Å².